The highest BCUT2D eigenvalue weighted by molar-refractivity contribution is 6.32. The number of halogens is 1. The molecule has 0 fully saturated rings. The molecule has 0 aliphatic heterocycles. The summed E-state index contributed by atoms with van der Waals surface area (Å²) in [7, 11) is 3.29. The number of benzene rings is 2. The van der Waals surface area contributed by atoms with E-state index in [1.54, 1.807) is 18.7 Å². The SMILES string of the molecule is COc1ccc(-c2c(Cl)nc3c(C4CC=CCC4)c(-c4ccccc4)nn3c2OC)cc1. The lowest BCUT2D eigenvalue weighted by atomic mass is 9.86. The second kappa shape index (κ2) is 8.67. The Morgan fingerprint density at radius 3 is 2.38 bits per heavy atom. The monoisotopic (exact) mass is 445 g/mol. The maximum Gasteiger partial charge on any atom is 0.227 e. The van der Waals surface area contributed by atoms with E-state index < -0.39 is 0 Å². The highest BCUT2D eigenvalue weighted by atomic mass is 35.5. The maximum atomic E-state index is 6.78. The van der Waals surface area contributed by atoms with E-state index in [9.17, 15) is 0 Å². The lowest BCUT2D eigenvalue weighted by Gasteiger charge is -2.18. The number of nitrogens with zero attached hydrogens (tertiary/aromatic N) is 3. The van der Waals surface area contributed by atoms with Crippen molar-refractivity contribution in [1.82, 2.24) is 14.6 Å². The second-order valence-corrected chi connectivity index (χ2v) is 8.22. The van der Waals surface area contributed by atoms with Gasteiger partial charge in [-0.25, -0.2) is 4.98 Å². The molecule has 4 aromatic rings. The summed E-state index contributed by atoms with van der Waals surface area (Å²) in [5.74, 6) is 1.67. The van der Waals surface area contributed by atoms with E-state index in [1.165, 1.54) is 0 Å². The van der Waals surface area contributed by atoms with Gasteiger partial charge in [-0.3, -0.25) is 0 Å². The topological polar surface area (TPSA) is 48.7 Å². The number of hydrogen-bond donors (Lipinski definition) is 0. The highest BCUT2D eigenvalue weighted by Crippen LogP contribution is 2.43. The van der Waals surface area contributed by atoms with E-state index in [2.05, 4.69) is 24.3 Å². The van der Waals surface area contributed by atoms with Crippen molar-refractivity contribution in [3.8, 4) is 34.0 Å². The van der Waals surface area contributed by atoms with Gasteiger partial charge >= 0.3 is 0 Å². The fraction of sp³-hybridized carbons (Fsp3) is 0.231. The van der Waals surface area contributed by atoms with E-state index in [0.29, 0.717) is 22.5 Å². The Kier molecular flexibility index (Phi) is 5.58. The highest BCUT2D eigenvalue weighted by Gasteiger charge is 2.28. The Balaban J connectivity index is 1.78. The first kappa shape index (κ1) is 20.6. The lowest BCUT2D eigenvalue weighted by molar-refractivity contribution is 0.386. The number of fused-ring (bicyclic) bond motifs is 1. The molecule has 1 unspecified atom stereocenters. The van der Waals surface area contributed by atoms with Gasteiger partial charge in [0.15, 0.2) is 5.65 Å². The van der Waals surface area contributed by atoms with Gasteiger partial charge in [0.25, 0.3) is 0 Å². The van der Waals surface area contributed by atoms with E-state index in [1.807, 2.05) is 42.5 Å². The largest absolute Gasteiger partial charge is 0.497 e. The smallest absolute Gasteiger partial charge is 0.227 e. The average Bonchev–Trinajstić information content (AvgIpc) is 3.23. The molecule has 0 amide bonds. The molecular formula is C26H24ClN3O2. The van der Waals surface area contributed by atoms with Crippen molar-refractivity contribution in [3.05, 3.63) is 77.5 Å². The predicted octanol–water partition coefficient (Wildman–Crippen LogP) is 6.56. The van der Waals surface area contributed by atoms with Crippen LogP contribution >= 0.6 is 11.6 Å². The molecule has 162 valence electrons. The van der Waals surface area contributed by atoms with Gasteiger partial charge in [0.05, 0.1) is 25.5 Å². The van der Waals surface area contributed by atoms with Crippen LogP contribution in [0.2, 0.25) is 5.15 Å². The summed E-state index contributed by atoms with van der Waals surface area (Å²) < 4.78 is 13.0. The van der Waals surface area contributed by atoms with Crippen molar-refractivity contribution < 1.29 is 9.47 Å². The minimum atomic E-state index is 0.327. The summed E-state index contributed by atoms with van der Waals surface area (Å²) in [4.78, 5) is 4.86. The Labute approximate surface area is 192 Å². The molecular weight excluding hydrogens is 422 g/mol. The first-order valence-corrected chi connectivity index (χ1v) is 11.1. The summed E-state index contributed by atoms with van der Waals surface area (Å²) in [5.41, 5.74) is 5.47. The van der Waals surface area contributed by atoms with Gasteiger partial charge in [0.1, 0.15) is 10.9 Å². The van der Waals surface area contributed by atoms with Gasteiger partial charge < -0.3 is 9.47 Å². The number of rotatable bonds is 5. The van der Waals surface area contributed by atoms with Crippen molar-refractivity contribution >= 4 is 17.2 Å². The van der Waals surface area contributed by atoms with Crippen LogP contribution in [0.3, 0.4) is 0 Å². The molecule has 1 atom stereocenters. The molecule has 2 aromatic carbocycles. The normalized spacial score (nSPS) is 15.8. The Morgan fingerprint density at radius 2 is 1.72 bits per heavy atom. The van der Waals surface area contributed by atoms with Crippen LogP contribution in [-0.2, 0) is 0 Å². The van der Waals surface area contributed by atoms with Crippen LogP contribution in [0.5, 0.6) is 11.6 Å². The van der Waals surface area contributed by atoms with Crippen LogP contribution in [0, 0.1) is 0 Å². The number of methoxy groups -OCH3 is 2. The van der Waals surface area contributed by atoms with Gasteiger partial charge in [0.2, 0.25) is 5.88 Å². The Morgan fingerprint density at radius 1 is 0.938 bits per heavy atom. The van der Waals surface area contributed by atoms with Crippen LogP contribution in [0.25, 0.3) is 28.0 Å². The molecule has 0 spiro atoms. The molecule has 0 N–H and O–H groups in total. The predicted molar refractivity (Wildman–Crippen MR) is 128 cm³/mol. The third-order valence-corrected chi connectivity index (χ3v) is 6.28. The quantitative estimate of drug-likeness (QED) is 0.258. The minimum absolute atomic E-state index is 0.327. The van der Waals surface area contributed by atoms with E-state index in [0.717, 1.165) is 53.0 Å². The Bertz CT molecular complexity index is 1280. The number of allylic oxidation sites excluding steroid dienone is 2. The third-order valence-electron chi connectivity index (χ3n) is 6.01. The number of aromatic nitrogens is 3. The third kappa shape index (κ3) is 3.53. The molecule has 1 aliphatic carbocycles. The molecule has 5 rings (SSSR count). The molecule has 5 nitrogen and oxygen atoms in total. The molecule has 0 bridgehead atoms. The van der Waals surface area contributed by atoms with Crippen molar-refractivity contribution in [2.24, 2.45) is 0 Å². The van der Waals surface area contributed by atoms with Crippen LogP contribution in [0.1, 0.15) is 30.7 Å². The van der Waals surface area contributed by atoms with Crippen molar-refractivity contribution in [2.45, 2.75) is 25.2 Å². The van der Waals surface area contributed by atoms with E-state index in [-0.39, 0.29) is 0 Å². The fourth-order valence-electron chi connectivity index (χ4n) is 4.44. The second-order valence-electron chi connectivity index (χ2n) is 7.86. The summed E-state index contributed by atoms with van der Waals surface area (Å²) in [5, 5.41) is 5.41. The van der Waals surface area contributed by atoms with Crippen molar-refractivity contribution in [3.63, 3.8) is 0 Å². The lowest BCUT2D eigenvalue weighted by Crippen LogP contribution is -2.05. The zero-order valence-electron chi connectivity index (χ0n) is 18.1. The average molecular weight is 446 g/mol. The zero-order valence-corrected chi connectivity index (χ0v) is 18.8. The summed E-state index contributed by atoms with van der Waals surface area (Å²) in [6.07, 6.45) is 7.55. The van der Waals surface area contributed by atoms with Crippen LogP contribution in [0.15, 0.2) is 66.7 Å². The minimum Gasteiger partial charge on any atom is -0.497 e. The van der Waals surface area contributed by atoms with Gasteiger partial charge in [-0.15, -0.1) is 0 Å². The fourth-order valence-corrected chi connectivity index (χ4v) is 4.71. The van der Waals surface area contributed by atoms with Crippen LogP contribution in [0.4, 0.5) is 0 Å². The van der Waals surface area contributed by atoms with Crippen LogP contribution in [-0.4, -0.2) is 28.8 Å². The standard InChI is InChI=1S/C26H24ClN3O2/c1-31-20-15-13-18(14-16-20)22-24(27)28-25-21(17-9-5-3-6-10-17)23(19-11-7-4-8-12-19)29-30(25)26(22)32-2/h3-5,7-8,11-17H,6,9-10H2,1-2H3. The number of hydrogen-bond acceptors (Lipinski definition) is 4. The number of ether oxygens (including phenoxy) is 2. The van der Waals surface area contributed by atoms with Gasteiger partial charge in [-0.05, 0) is 42.9 Å². The van der Waals surface area contributed by atoms with Crippen molar-refractivity contribution in [2.75, 3.05) is 14.2 Å². The molecule has 0 saturated heterocycles. The molecule has 2 heterocycles. The summed E-state index contributed by atoms with van der Waals surface area (Å²) >= 11 is 6.78. The molecule has 32 heavy (non-hydrogen) atoms. The van der Waals surface area contributed by atoms with Crippen LogP contribution < -0.4 is 9.47 Å². The summed E-state index contributed by atoms with van der Waals surface area (Å²) in [6, 6.07) is 17.9. The first-order valence-electron chi connectivity index (χ1n) is 10.7. The summed E-state index contributed by atoms with van der Waals surface area (Å²) in [6.45, 7) is 0. The maximum absolute atomic E-state index is 6.78. The van der Waals surface area contributed by atoms with Gasteiger partial charge in [-0.1, -0.05) is 66.2 Å². The van der Waals surface area contributed by atoms with E-state index in [4.69, 9.17) is 31.2 Å². The first-order chi connectivity index (χ1) is 15.7. The molecule has 1 aliphatic rings. The molecule has 6 heteroatoms. The molecule has 2 aromatic heterocycles. The van der Waals surface area contributed by atoms with E-state index >= 15 is 0 Å². The zero-order chi connectivity index (χ0) is 22.1. The van der Waals surface area contributed by atoms with Gasteiger partial charge in [-0.2, -0.15) is 9.61 Å². The molecule has 0 radical (unpaired) electrons. The van der Waals surface area contributed by atoms with Gasteiger partial charge in [0, 0.05) is 11.1 Å². The molecule has 0 saturated carbocycles. The Hall–Kier alpha value is -3.31. The van der Waals surface area contributed by atoms with Crippen molar-refractivity contribution in [1.29, 1.82) is 0 Å².